The van der Waals surface area contributed by atoms with E-state index in [1.54, 1.807) is 12.1 Å². The molecule has 1 aromatic rings. The van der Waals surface area contributed by atoms with Crippen molar-refractivity contribution in [2.24, 2.45) is 5.10 Å². The maximum atomic E-state index is 11.7. The van der Waals surface area contributed by atoms with E-state index in [0.717, 1.165) is 4.47 Å². The van der Waals surface area contributed by atoms with Gasteiger partial charge in [-0.3, -0.25) is 9.59 Å². The first kappa shape index (κ1) is 16.9. The third-order valence-electron chi connectivity index (χ3n) is 2.97. The van der Waals surface area contributed by atoms with Gasteiger partial charge in [-0.15, -0.1) is 0 Å². The lowest BCUT2D eigenvalue weighted by molar-refractivity contribution is -0.129. The quantitative estimate of drug-likeness (QED) is 0.417. The summed E-state index contributed by atoms with van der Waals surface area (Å²) in [6.07, 6.45) is 1.33. The van der Waals surface area contributed by atoms with Crippen LogP contribution in [0.5, 0.6) is 5.75 Å². The van der Waals surface area contributed by atoms with Crippen LogP contribution in [0.4, 0.5) is 0 Å². The number of hydrogen-bond donors (Lipinski definition) is 4. The number of rotatable bonds is 4. The second-order valence-electron chi connectivity index (χ2n) is 4.62. The zero-order valence-corrected chi connectivity index (χ0v) is 14.6. The molecule has 22 heavy (non-hydrogen) atoms. The Morgan fingerprint density at radius 3 is 2.95 bits per heavy atom. The van der Waals surface area contributed by atoms with Crippen molar-refractivity contribution < 1.29 is 14.7 Å². The van der Waals surface area contributed by atoms with Crippen molar-refractivity contribution in [1.82, 2.24) is 16.1 Å². The second kappa shape index (κ2) is 7.70. The van der Waals surface area contributed by atoms with Crippen LogP contribution in [0.15, 0.2) is 26.2 Å². The van der Waals surface area contributed by atoms with E-state index in [1.165, 1.54) is 6.21 Å². The molecule has 1 unspecified atom stereocenters. The topological polar surface area (TPSA) is 103 Å². The Bertz CT molecular complexity index is 622. The number of nitrogens with one attached hydrogen (secondary N) is 3. The second-order valence-corrected chi connectivity index (χ2v) is 6.39. The normalized spacial score (nSPS) is 18.3. The zero-order chi connectivity index (χ0) is 16.1. The highest BCUT2D eigenvalue weighted by Crippen LogP contribution is 2.30. The molecule has 118 valence electrons. The van der Waals surface area contributed by atoms with E-state index in [2.05, 4.69) is 53.0 Å². The van der Waals surface area contributed by atoms with Gasteiger partial charge in [0.15, 0.2) is 0 Å². The van der Waals surface area contributed by atoms with E-state index in [0.29, 0.717) is 23.1 Å². The number of carbonyl (C=O) groups is 2. The molecule has 0 radical (unpaired) electrons. The summed E-state index contributed by atoms with van der Waals surface area (Å²) in [5.74, 6) is -0.562. The van der Waals surface area contributed by atoms with Crippen molar-refractivity contribution >= 4 is 49.9 Å². The summed E-state index contributed by atoms with van der Waals surface area (Å²) in [6, 6.07) is 2.81. The van der Waals surface area contributed by atoms with Crippen LogP contribution in [0.3, 0.4) is 0 Å². The van der Waals surface area contributed by atoms with E-state index < -0.39 is 6.04 Å². The molecule has 0 spiro atoms. The molecule has 4 N–H and O–H groups in total. The van der Waals surface area contributed by atoms with Gasteiger partial charge in [-0.25, -0.2) is 5.43 Å². The summed E-state index contributed by atoms with van der Waals surface area (Å²) in [4.78, 5) is 23.2. The molecule has 0 aromatic heterocycles. The third kappa shape index (κ3) is 4.52. The first-order chi connectivity index (χ1) is 10.5. The Hall–Kier alpha value is -1.45. The average molecular weight is 434 g/mol. The van der Waals surface area contributed by atoms with Crippen molar-refractivity contribution in [3.63, 3.8) is 0 Å². The monoisotopic (exact) mass is 432 g/mol. The van der Waals surface area contributed by atoms with Gasteiger partial charge in [-0.1, -0.05) is 15.9 Å². The maximum Gasteiger partial charge on any atom is 0.242 e. The summed E-state index contributed by atoms with van der Waals surface area (Å²) >= 11 is 6.51. The molecule has 1 heterocycles. The zero-order valence-electron chi connectivity index (χ0n) is 11.4. The predicted octanol–water partition coefficient (Wildman–Crippen LogP) is 0.845. The SMILES string of the molecule is O=C(CC1NCCNC1=O)NN=Cc1cc(Br)cc(Br)c1O. The van der Waals surface area contributed by atoms with Gasteiger partial charge in [0.1, 0.15) is 5.75 Å². The first-order valence-electron chi connectivity index (χ1n) is 6.48. The number of nitrogens with zero attached hydrogens (tertiary/aromatic N) is 1. The molecule has 7 nitrogen and oxygen atoms in total. The molecule has 1 fully saturated rings. The minimum atomic E-state index is -0.544. The molecule has 0 saturated carbocycles. The molecule has 1 aliphatic rings. The van der Waals surface area contributed by atoms with Gasteiger partial charge in [0, 0.05) is 23.1 Å². The minimum Gasteiger partial charge on any atom is -0.506 e. The summed E-state index contributed by atoms with van der Waals surface area (Å²) in [7, 11) is 0. The molecular weight excluding hydrogens is 420 g/mol. The van der Waals surface area contributed by atoms with Gasteiger partial charge in [-0.2, -0.15) is 5.10 Å². The van der Waals surface area contributed by atoms with Gasteiger partial charge in [0.05, 0.1) is 23.1 Å². The van der Waals surface area contributed by atoms with Crippen LogP contribution in [0.25, 0.3) is 0 Å². The Balaban J connectivity index is 1.92. The van der Waals surface area contributed by atoms with E-state index in [4.69, 9.17) is 0 Å². The molecule has 1 aromatic carbocycles. The van der Waals surface area contributed by atoms with Crippen LogP contribution in [-0.4, -0.2) is 42.3 Å². The molecule has 0 aliphatic carbocycles. The number of carbonyl (C=O) groups excluding carboxylic acids is 2. The number of phenolic OH excluding ortho intramolecular Hbond substituents is 1. The Labute approximate surface area is 143 Å². The van der Waals surface area contributed by atoms with Crippen LogP contribution in [0, 0.1) is 0 Å². The van der Waals surface area contributed by atoms with Crippen molar-refractivity contribution in [1.29, 1.82) is 0 Å². The van der Waals surface area contributed by atoms with Crippen LogP contribution < -0.4 is 16.1 Å². The lowest BCUT2D eigenvalue weighted by Crippen LogP contribution is -2.54. The molecule has 2 rings (SSSR count). The van der Waals surface area contributed by atoms with Crippen LogP contribution in [0.1, 0.15) is 12.0 Å². The summed E-state index contributed by atoms with van der Waals surface area (Å²) < 4.78 is 1.27. The highest BCUT2D eigenvalue weighted by Gasteiger charge is 2.23. The fourth-order valence-corrected chi connectivity index (χ4v) is 3.16. The van der Waals surface area contributed by atoms with Gasteiger partial charge < -0.3 is 15.7 Å². The summed E-state index contributed by atoms with van der Waals surface area (Å²) in [5, 5.41) is 19.3. The van der Waals surface area contributed by atoms with Gasteiger partial charge in [0.2, 0.25) is 11.8 Å². The fourth-order valence-electron chi connectivity index (χ4n) is 1.90. The average Bonchev–Trinajstić information content (AvgIpc) is 2.46. The van der Waals surface area contributed by atoms with Crippen LogP contribution in [0.2, 0.25) is 0 Å². The largest absolute Gasteiger partial charge is 0.506 e. The van der Waals surface area contributed by atoms with Crippen molar-refractivity contribution in [3.8, 4) is 5.75 Å². The minimum absolute atomic E-state index is 0.00264. The number of piperazine rings is 1. The first-order valence-corrected chi connectivity index (χ1v) is 8.07. The Kier molecular flexibility index (Phi) is 5.92. The molecule has 1 atom stereocenters. The van der Waals surface area contributed by atoms with E-state index in [-0.39, 0.29) is 24.0 Å². The number of benzene rings is 1. The highest BCUT2D eigenvalue weighted by molar-refractivity contribution is 9.11. The number of phenols is 1. The maximum absolute atomic E-state index is 11.7. The van der Waals surface area contributed by atoms with Crippen LogP contribution >= 0.6 is 31.9 Å². The molecule has 0 bridgehead atoms. The van der Waals surface area contributed by atoms with Crippen molar-refractivity contribution in [2.75, 3.05) is 13.1 Å². The third-order valence-corrected chi connectivity index (χ3v) is 4.03. The Morgan fingerprint density at radius 2 is 2.23 bits per heavy atom. The highest BCUT2D eigenvalue weighted by atomic mass is 79.9. The number of hydrazone groups is 1. The lowest BCUT2D eigenvalue weighted by Gasteiger charge is -2.22. The number of amides is 2. The predicted molar refractivity (Wildman–Crippen MR) is 88.7 cm³/mol. The summed E-state index contributed by atoms with van der Waals surface area (Å²) in [5.41, 5.74) is 2.77. The van der Waals surface area contributed by atoms with Gasteiger partial charge in [0.25, 0.3) is 0 Å². The van der Waals surface area contributed by atoms with E-state index >= 15 is 0 Å². The molecule has 2 amide bonds. The van der Waals surface area contributed by atoms with Gasteiger partial charge >= 0.3 is 0 Å². The number of aromatic hydroxyl groups is 1. The van der Waals surface area contributed by atoms with E-state index in [9.17, 15) is 14.7 Å². The summed E-state index contributed by atoms with van der Waals surface area (Å²) in [6.45, 7) is 1.19. The molecule has 1 aliphatic heterocycles. The van der Waals surface area contributed by atoms with E-state index in [1.807, 2.05) is 0 Å². The molecule has 1 saturated heterocycles. The van der Waals surface area contributed by atoms with Crippen molar-refractivity contribution in [3.05, 3.63) is 26.6 Å². The number of hydrogen-bond acceptors (Lipinski definition) is 5. The standard InChI is InChI=1S/C13H14Br2N4O3/c14-8-3-7(12(21)9(15)4-8)6-18-19-11(20)5-10-13(22)17-2-1-16-10/h3-4,6,10,16,21H,1-2,5H2,(H,17,22)(H,19,20). The lowest BCUT2D eigenvalue weighted by atomic mass is 10.1. The van der Waals surface area contributed by atoms with Crippen molar-refractivity contribution in [2.45, 2.75) is 12.5 Å². The molecular formula is C13H14Br2N4O3. The Morgan fingerprint density at radius 1 is 1.45 bits per heavy atom. The fraction of sp³-hybridized carbons (Fsp3) is 0.308. The van der Waals surface area contributed by atoms with Gasteiger partial charge in [-0.05, 0) is 28.1 Å². The van der Waals surface area contributed by atoms with Crippen LogP contribution in [-0.2, 0) is 9.59 Å². The smallest absolute Gasteiger partial charge is 0.242 e. The number of halogens is 2. The molecule has 9 heteroatoms.